The highest BCUT2D eigenvalue weighted by molar-refractivity contribution is 7.89. The number of hydrogen-bond donors (Lipinski definition) is 3. The minimum absolute atomic E-state index is 0.0402. The number of methoxy groups -OCH3 is 1. The van der Waals surface area contributed by atoms with Crippen molar-refractivity contribution in [3.63, 3.8) is 0 Å². The highest BCUT2D eigenvalue weighted by atomic mass is 32.2. The van der Waals surface area contributed by atoms with E-state index in [4.69, 9.17) is 9.15 Å². The molecule has 186 valence electrons. The van der Waals surface area contributed by atoms with Gasteiger partial charge in [-0.2, -0.15) is 0 Å². The van der Waals surface area contributed by atoms with Gasteiger partial charge in [0.15, 0.2) is 12.1 Å². The zero-order valence-electron chi connectivity index (χ0n) is 19.9. The van der Waals surface area contributed by atoms with Gasteiger partial charge in [0, 0.05) is 17.6 Å². The molecule has 3 N–H and O–H groups in total. The van der Waals surface area contributed by atoms with Gasteiger partial charge in [-0.05, 0) is 62.7 Å². The summed E-state index contributed by atoms with van der Waals surface area (Å²) in [6, 6.07) is 11.9. The van der Waals surface area contributed by atoms with Gasteiger partial charge in [0.1, 0.15) is 18.1 Å². The second-order valence-electron chi connectivity index (χ2n) is 8.82. The van der Waals surface area contributed by atoms with Crippen LogP contribution in [-0.2, 0) is 21.2 Å². The maximum absolute atomic E-state index is 13.1. The van der Waals surface area contributed by atoms with Crippen LogP contribution in [0.25, 0.3) is 0 Å². The van der Waals surface area contributed by atoms with Crippen LogP contribution in [0.15, 0.2) is 70.5 Å². The maximum Gasteiger partial charge on any atom is 0.273 e. The first kappa shape index (κ1) is 25.9. The summed E-state index contributed by atoms with van der Waals surface area (Å²) in [6.07, 6.45) is 2.50. The van der Waals surface area contributed by atoms with Crippen LogP contribution in [0.5, 0.6) is 5.75 Å². The first-order valence-corrected chi connectivity index (χ1v) is 12.2. The van der Waals surface area contributed by atoms with Gasteiger partial charge >= 0.3 is 0 Å². The molecule has 1 aromatic heterocycles. The van der Waals surface area contributed by atoms with Crippen LogP contribution >= 0.6 is 0 Å². The van der Waals surface area contributed by atoms with Crippen molar-refractivity contribution in [3.05, 3.63) is 72.4 Å². The van der Waals surface area contributed by atoms with Crippen molar-refractivity contribution in [2.75, 3.05) is 12.4 Å². The molecule has 0 fully saturated rings. The van der Waals surface area contributed by atoms with E-state index in [-0.39, 0.29) is 17.0 Å². The van der Waals surface area contributed by atoms with Gasteiger partial charge in [0.25, 0.3) is 5.91 Å². The molecule has 2 aromatic carbocycles. The lowest BCUT2D eigenvalue weighted by Gasteiger charge is -2.21. The molecule has 0 saturated heterocycles. The smallest absolute Gasteiger partial charge is 0.273 e. The van der Waals surface area contributed by atoms with Crippen molar-refractivity contribution in [1.82, 2.24) is 15.0 Å². The maximum atomic E-state index is 13.1. The number of nitrogens with zero attached hydrogens (tertiary/aromatic N) is 1. The number of carbonyl (C=O) groups is 2. The van der Waals surface area contributed by atoms with Crippen molar-refractivity contribution in [3.8, 4) is 5.75 Å². The van der Waals surface area contributed by atoms with Crippen molar-refractivity contribution in [2.24, 2.45) is 0 Å². The average molecular weight is 501 g/mol. The summed E-state index contributed by atoms with van der Waals surface area (Å²) in [4.78, 5) is 29.5. The molecule has 35 heavy (non-hydrogen) atoms. The summed E-state index contributed by atoms with van der Waals surface area (Å²) >= 11 is 0. The number of oxazole rings is 1. The predicted octanol–water partition coefficient (Wildman–Crippen LogP) is 2.74. The number of sulfonamides is 1. The van der Waals surface area contributed by atoms with Crippen LogP contribution in [0.4, 0.5) is 5.69 Å². The third-order valence-corrected chi connectivity index (χ3v) is 6.53. The highest BCUT2D eigenvalue weighted by Gasteiger charge is 2.24. The second kappa shape index (κ2) is 10.7. The van der Waals surface area contributed by atoms with E-state index in [1.807, 2.05) is 0 Å². The van der Waals surface area contributed by atoms with E-state index in [1.165, 1.54) is 30.5 Å². The molecule has 1 unspecified atom stereocenters. The number of rotatable bonds is 9. The summed E-state index contributed by atoms with van der Waals surface area (Å²) in [5, 5.41) is 5.39. The Balaban J connectivity index is 1.76. The van der Waals surface area contributed by atoms with Gasteiger partial charge in [0.05, 0.1) is 12.0 Å². The van der Waals surface area contributed by atoms with E-state index < -0.39 is 33.4 Å². The number of amides is 2. The Kier molecular flexibility index (Phi) is 7.92. The van der Waals surface area contributed by atoms with Crippen LogP contribution in [-0.4, -0.2) is 43.9 Å². The molecule has 0 bridgehead atoms. The van der Waals surface area contributed by atoms with Gasteiger partial charge in [0.2, 0.25) is 15.9 Å². The normalized spacial score (nSPS) is 12.6. The number of ether oxygens (including phenoxy) is 1. The molecule has 11 heteroatoms. The SMILES string of the molecule is COc1ccc(CC(NC(=O)c2cocn2)C(=O)Nc2ccc(S(=O)(=O)NC(C)(C)C)cc2)cc1. The Morgan fingerprint density at radius 2 is 1.71 bits per heavy atom. The predicted molar refractivity (Wildman–Crippen MR) is 130 cm³/mol. The average Bonchev–Trinajstić information content (AvgIpc) is 3.33. The lowest BCUT2D eigenvalue weighted by Crippen LogP contribution is -2.45. The van der Waals surface area contributed by atoms with E-state index in [0.29, 0.717) is 11.4 Å². The Hall–Kier alpha value is -3.70. The molecule has 0 aliphatic heterocycles. The van der Waals surface area contributed by atoms with Crippen molar-refractivity contribution in [2.45, 2.75) is 43.7 Å². The molecule has 2 amide bonds. The quantitative estimate of drug-likeness (QED) is 0.410. The van der Waals surface area contributed by atoms with Gasteiger partial charge in [-0.25, -0.2) is 18.1 Å². The molecule has 3 rings (SSSR count). The Morgan fingerprint density at radius 1 is 1.06 bits per heavy atom. The molecular formula is C24H28N4O6S. The first-order chi connectivity index (χ1) is 16.5. The van der Waals surface area contributed by atoms with Crippen LogP contribution in [0.3, 0.4) is 0 Å². The van der Waals surface area contributed by atoms with E-state index >= 15 is 0 Å². The fraction of sp³-hybridized carbons (Fsp3) is 0.292. The molecule has 0 radical (unpaired) electrons. The second-order valence-corrected chi connectivity index (χ2v) is 10.5. The molecule has 1 heterocycles. The van der Waals surface area contributed by atoms with Gasteiger partial charge in [-0.15, -0.1) is 0 Å². The van der Waals surface area contributed by atoms with E-state index in [2.05, 4.69) is 20.3 Å². The van der Waals surface area contributed by atoms with E-state index in [0.717, 1.165) is 12.0 Å². The summed E-state index contributed by atoms with van der Waals surface area (Å²) in [5.74, 6) is -0.388. The molecule has 0 saturated carbocycles. The number of hydrogen-bond acceptors (Lipinski definition) is 7. The van der Waals surface area contributed by atoms with Gasteiger partial charge in [-0.3, -0.25) is 9.59 Å². The van der Waals surface area contributed by atoms with Crippen molar-refractivity contribution < 1.29 is 27.2 Å². The summed E-state index contributed by atoms with van der Waals surface area (Å²) in [7, 11) is -2.16. The molecule has 3 aromatic rings. The van der Waals surface area contributed by atoms with E-state index in [1.54, 1.807) is 52.1 Å². The van der Waals surface area contributed by atoms with Crippen molar-refractivity contribution in [1.29, 1.82) is 0 Å². The zero-order valence-corrected chi connectivity index (χ0v) is 20.7. The topological polar surface area (TPSA) is 140 Å². The number of carbonyl (C=O) groups excluding carboxylic acids is 2. The standard InChI is InChI=1S/C24H28N4O6S/c1-24(2,3)28-35(31,32)19-11-7-17(8-12-19)26-22(29)20(27-23(30)21-14-34-15-25-21)13-16-5-9-18(33-4)10-6-16/h5-12,14-15,20,28H,13H2,1-4H3,(H,26,29)(H,27,30). The van der Waals surface area contributed by atoms with Gasteiger partial charge < -0.3 is 19.8 Å². The Labute approximate surface area is 204 Å². The number of aromatic nitrogens is 1. The van der Waals surface area contributed by atoms with E-state index in [9.17, 15) is 18.0 Å². The number of benzene rings is 2. The van der Waals surface area contributed by atoms with Crippen LogP contribution < -0.4 is 20.1 Å². The van der Waals surface area contributed by atoms with Crippen molar-refractivity contribution >= 4 is 27.5 Å². The lowest BCUT2D eigenvalue weighted by molar-refractivity contribution is -0.118. The highest BCUT2D eigenvalue weighted by Crippen LogP contribution is 2.18. The van der Waals surface area contributed by atoms with Crippen LogP contribution in [0, 0.1) is 0 Å². The lowest BCUT2D eigenvalue weighted by atomic mass is 10.0. The minimum atomic E-state index is -3.71. The Morgan fingerprint density at radius 3 is 2.26 bits per heavy atom. The number of anilines is 1. The van der Waals surface area contributed by atoms with Gasteiger partial charge in [-0.1, -0.05) is 12.1 Å². The molecule has 0 spiro atoms. The largest absolute Gasteiger partial charge is 0.497 e. The third kappa shape index (κ3) is 7.39. The zero-order chi connectivity index (χ0) is 25.6. The fourth-order valence-corrected chi connectivity index (χ4v) is 4.59. The first-order valence-electron chi connectivity index (χ1n) is 10.7. The summed E-state index contributed by atoms with van der Waals surface area (Å²) in [5.41, 5.74) is 0.572. The summed E-state index contributed by atoms with van der Waals surface area (Å²) in [6.45, 7) is 5.24. The van der Waals surface area contributed by atoms with Crippen LogP contribution in [0.1, 0.15) is 36.8 Å². The monoisotopic (exact) mass is 500 g/mol. The minimum Gasteiger partial charge on any atom is -0.497 e. The molecule has 10 nitrogen and oxygen atoms in total. The molecule has 0 aliphatic carbocycles. The molecule has 0 aliphatic rings. The van der Waals surface area contributed by atoms with Crippen LogP contribution in [0.2, 0.25) is 0 Å². The fourth-order valence-electron chi connectivity index (χ4n) is 3.17. The molecular weight excluding hydrogens is 472 g/mol. The Bertz CT molecular complexity index is 1250. The summed E-state index contributed by atoms with van der Waals surface area (Å²) < 4.78 is 37.6. The third-order valence-electron chi connectivity index (χ3n) is 4.76. The molecule has 1 atom stereocenters. The number of nitrogens with one attached hydrogen (secondary N) is 3.